The van der Waals surface area contributed by atoms with Gasteiger partial charge in [0.2, 0.25) is 0 Å². The standard InChI is InChI=1S/C10H14N2O/c13-8-6-10-5-7-11-12(10)9-3-1-2-4-9/h5,7-9H,1-4,6H2. The third-order valence-corrected chi connectivity index (χ3v) is 2.72. The van der Waals surface area contributed by atoms with Crippen LogP contribution in [0.4, 0.5) is 0 Å². The lowest BCUT2D eigenvalue weighted by Crippen LogP contribution is -2.10. The maximum absolute atomic E-state index is 10.4. The van der Waals surface area contributed by atoms with E-state index >= 15 is 0 Å². The number of rotatable bonds is 3. The van der Waals surface area contributed by atoms with E-state index in [2.05, 4.69) is 5.10 Å². The lowest BCUT2D eigenvalue weighted by molar-refractivity contribution is -0.107. The topological polar surface area (TPSA) is 34.9 Å². The summed E-state index contributed by atoms with van der Waals surface area (Å²) in [6.07, 6.45) is 8.26. The number of carbonyl (C=O) groups excluding carboxylic acids is 1. The molecular weight excluding hydrogens is 164 g/mol. The van der Waals surface area contributed by atoms with Crippen LogP contribution < -0.4 is 0 Å². The van der Waals surface area contributed by atoms with Crippen molar-refractivity contribution in [2.24, 2.45) is 0 Å². The third kappa shape index (κ3) is 1.64. The highest BCUT2D eigenvalue weighted by atomic mass is 16.1. The van der Waals surface area contributed by atoms with Crippen molar-refractivity contribution in [1.82, 2.24) is 9.78 Å². The zero-order valence-corrected chi connectivity index (χ0v) is 7.65. The molecule has 2 rings (SSSR count). The van der Waals surface area contributed by atoms with Crippen LogP contribution >= 0.6 is 0 Å². The molecule has 0 unspecified atom stereocenters. The minimum absolute atomic E-state index is 0.497. The van der Waals surface area contributed by atoms with Gasteiger partial charge in [-0.05, 0) is 18.9 Å². The molecule has 0 aromatic carbocycles. The summed E-state index contributed by atoms with van der Waals surface area (Å²) in [4.78, 5) is 10.4. The predicted octanol–water partition coefficient (Wildman–Crippen LogP) is 1.74. The third-order valence-electron chi connectivity index (χ3n) is 2.72. The lowest BCUT2D eigenvalue weighted by Gasteiger charge is -2.12. The predicted molar refractivity (Wildman–Crippen MR) is 49.5 cm³/mol. The molecule has 0 bridgehead atoms. The van der Waals surface area contributed by atoms with Crippen LogP contribution in [0.5, 0.6) is 0 Å². The number of hydrogen-bond donors (Lipinski definition) is 0. The summed E-state index contributed by atoms with van der Waals surface area (Å²) in [5.41, 5.74) is 1.06. The molecule has 0 amide bonds. The average Bonchev–Trinajstić information content (AvgIpc) is 2.71. The van der Waals surface area contributed by atoms with E-state index in [4.69, 9.17) is 0 Å². The molecule has 1 aromatic heterocycles. The first kappa shape index (κ1) is 8.48. The van der Waals surface area contributed by atoms with Crippen LogP contribution in [0, 0.1) is 0 Å². The highest BCUT2D eigenvalue weighted by Gasteiger charge is 2.18. The largest absolute Gasteiger partial charge is 0.303 e. The van der Waals surface area contributed by atoms with Crippen molar-refractivity contribution in [3.05, 3.63) is 18.0 Å². The second-order valence-electron chi connectivity index (χ2n) is 3.58. The van der Waals surface area contributed by atoms with E-state index in [9.17, 15) is 4.79 Å². The zero-order valence-electron chi connectivity index (χ0n) is 7.65. The van der Waals surface area contributed by atoms with E-state index in [0.717, 1.165) is 12.0 Å². The molecule has 13 heavy (non-hydrogen) atoms. The van der Waals surface area contributed by atoms with E-state index in [1.807, 2.05) is 10.7 Å². The molecule has 1 saturated carbocycles. The summed E-state index contributed by atoms with van der Waals surface area (Å²) < 4.78 is 2.03. The van der Waals surface area contributed by atoms with Crippen LogP contribution in [0.2, 0.25) is 0 Å². The van der Waals surface area contributed by atoms with Gasteiger partial charge in [-0.1, -0.05) is 12.8 Å². The van der Waals surface area contributed by atoms with E-state index < -0.39 is 0 Å². The van der Waals surface area contributed by atoms with Crippen LogP contribution in [0.3, 0.4) is 0 Å². The average molecular weight is 178 g/mol. The first-order chi connectivity index (χ1) is 6.42. The van der Waals surface area contributed by atoms with Gasteiger partial charge in [0, 0.05) is 18.3 Å². The van der Waals surface area contributed by atoms with Crippen molar-refractivity contribution in [3.63, 3.8) is 0 Å². The minimum Gasteiger partial charge on any atom is -0.303 e. The Labute approximate surface area is 77.7 Å². The summed E-state index contributed by atoms with van der Waals surface area (Å²) in [6.45, 7) is 0. The summed E-state index contributed by atoms with van der Waals surface area (Å²) >= 11 is 0. The minimum atomic E-state index is 0.497. The molecule has 0 saturated heterocycles. The maximum atomic E-state index is 10.4. The molecular formula is C10H14N2O. The van der Waals surface area contributed by atoms with Crippen LogP contribution in [0.25, 0.3) is 0 Å². The quantitative estimate of drug-likeness (QED) is 0.661. The van der Waals surface area contributed by atoms with Crippen molar-refractivity contribution in [1.29, 1.82) is 0 Å². The van der Waals surface area contributed by atoms with Crippen LogP contribution in [0.15, 0.2) is 12.3 Å². The molecule has 1 aromatic rings. The molecule has 3 heteroatoms. The fraction of sp³-hybridized carbons (Fsp3) is 0.600. The van der Waals surface area contributed by atoms with E-state index in [-0.39, 0.29) is 0 Å². The molecule has 0 spiro atoms. The Bertz CT molecular complexity index is 287. The van der Waals surface area contributed by atoms with Gasteiger partial charge < -0.3 is 4.79 Å². The monoisotopic (exact) mass is 178 g/mol. The van der Waals surface area contributed by atoms with Gasteiger partial charge in [0.1, 0.15) is 6.29 Å². The number of hydrogen-bond acceptors (Lipinski definition) is 2. The molecule has 0 atom stereocenters. The van der Waals surface area contributed by atoms with Gasteiger partial charge in [0.05, 0.1) is 6.04 Å². The SMILES string of the molecule is O=CCc1ccnn1C1CCCC1. The van der Waals surface area contributed by atoms with Gasteiger partial charge in [0.25, 0.3) is 0 Å². The van der Waals surface area contributed by atoms with E-state index in [1.165, 1.54) is 25.7 Å². The van der Waals surface area contributed by atoms with Crippen molar-refractivity contribution < 1.29 is 4.79 Å². The Kier molecular flexibility index (Phi) is 2.43. The maximum Gasteiger partial charge on any atom is 0.125 e. The Hall–Kier alpha value is -1.12. The smallest absolute Gasteiger partial charge is 0.125 e. The summed E-state index contributed by atoms with van der Waals surface area (Å²) in [5, 5.41) is 4.27. The fourth-order valence-corrected chi connectivity index (χ4v) is 2.07. The van der Waals surface area contributed by atoms with Gasteiger partial charge in [-0.25, -0.2) is 0 Å². The molecule has 0 aliphatic heterocycles. The molecule has 3 nitrogen and oxygen atoms in total. The van der Waals surface area contributed by atoms with Gasteiger partial charge in [0.15, 0.2) is 0 Å². The van der Waals surface area contributed by atoms with E-state index in [0.29, 0.717) is 12.5 Å². The normalized spacial score (nSPS) is 17.8. The van der Waals surface area contributed by atoms with Crippen LogP contribution in [-0.2, 0) is 11.2 Å². The van der Waals surface area contributed by atoms with Crippen molar-refractivity contribution in [2.45, 2.75) is 38.1 Å². The number of nitrogens with zero attached hydrogens (tertiary/aromatic N) is 2. The first-order valence-corrected chi connectivity index (χ1v) is 4.88. The summed E-state index contributed by atoms with van der Waals surface area (Å²) in [7, 11) is 0. The van der Waals surface area contributed by atoms with Gasteiger partial charge in [-0.15, -0.1) is 0 Å². The summed E-state index contributed by atoms with van der Waals surface area (Å²) in [5.74, 6) is 0. The van der Waals surface area contributed by atoms with Crippen molar-refractivity contribution in [2.75, 3.05) is 0 Å². The van der Waals surface area contributed by atoms with Gasteiger partial charge in [-0.2, -0.15) is 5.10 Å². The second kappa shape index (κ2) is 3.73. The molecule has 1 aliphatic carbocycles. The molecule has 0 N–H and O–H groups in total. The van der Waals surface area contributed by atoms with Gasteiger partial charge in [-0.3, -0.25) is 4.68 Å². The molecule has 1 heterocycles. The molecule has 1 fully saturated rings. The molecule has 1 aliphatic rings. The van der Waals surface area contributed by atoms with Crippen LogP contribution in [-0.4, -0.2) is 16.1 Å². The van der Waals surface area contributed by atoms with Crippen LogP contribution in [0.1, 0.15) is 37.4 Å². The fourth-order valence-electron chi connectivity index (χ4n) is 2.07. The van der Waals surface area contributed by atoms with E-state index in [1.54, 1.807) is 6.20 Å². The number of carbonyl (C=O) groups is 1. The highest BCUT2D eigenvalue weighted by Crippen LogP contribution is 2.29. The second-order valence-corrected chi connectivity index (χ2v) is 3.58. The van der Waals surface area contributed by atoms with Crippen molar-refractivity contribution in [3.8, 4) is 0 Å². The Balaban J connectivity index is 2.17. The number of aromatic nitrogens is 2. The lowest BCUT2D eigenvalue weighted by atomic mass is 10.2. The van der Waals surface area contributed by atoms with Gasteiger partial charge >= 0.3 is 0 Å². The Morgan fingerprint density at radius 1 is 1.54 bits per heavy atom. The Morgan fingerprint density at radius 2 is 2.31 bits per heavy atom. The Morgan fingerprint density at radius 3 is 3.00 bits per heavy atom. The first-order valence-electron chi connectivity index (χ1n) is 4.88. The number of aldehydes is 1. The summed E-state index contributed by atoms with van der Waals surface area (Å²) in [6, 6.07) is 2.48. The molecule has 70 valence electrons. The van der Waals surface area contributed by atoms with Crippen molar-refractivity contribution >= 4 is 6.29 Å². The molecule has 0 radical (unpaired) electrons. The zero-order chi connectivity index (χ0) is 9.10. The highest BCUT2D eigenvalue weighted by molar-refractivity contribution is 5.53.